The summed E-state index contributed by atoms with van der Waals surface area (Å²) in [6.07, 6.45) is 0. The molecule has 0 aromatic carbocycles. The molecular weight excluding hydrogens is 234 g/mol. The third-order valence-corrected chi connectivity index (χ3v) is 2.28. The Hall–Kier alpha value is -1.77. The van der Waals surface area contributed by atoms with E-state index in [2.05, 4.69) is 15.6 Å². The van der Waals surface area contributed by atoms with Crippen molar-refractivity contribution in [2.24, 2.45) is 16.0 Å². The van der Waals surface area contributed by atoms with Crippen LogP contribution in [0.1, 0.15) is 6.92 Å². The van der Waals surface area contributed by atoms with Crippen LogP contribution >= 0.6 is 11.8 Å². The van der Waals surface area contributed by atoms with Crippen molar-refractivity contribution in [2.75, 3.05) is 12.3 Å². The standard InChI is InChI=1S/C7H13N5O3S/c1-4(13)10-2-3-16-7(9)5(11-14)6(8)12-15/h9,14-15H,2-3H2,1H3,(H2,8,12)(H,10,13)/b9-7?,11-5-. The summed E-state index contributed by atoms with van der Waals surface area (Å²) in [6, 6.07) is 0. The van der Waals surface area contributed by atoms with Gasteiger partial charge in [0.15, 0.2) is 11.5 Å². The Balaban J connectivity index is 4.10. The highest BCUT2D eigenvalue weighted by molar-refractivity contribution is 8.15. The second kappa shape index (κ2) is 7.51. The van der Waals surface area contributed by atoms with Gasteiger partial charge >= 0.3 is 0 Å². The van der Waals surface area contributed by atoms with E-state index >= 15 is 0 Å². The van der Waals surface area contributed by atoms with Crippen LogP contribution < -0.4 is 11.1 Å². The molecule has 0 saturated carbocycles. The topological polar surface area (TPSA) is 144 Å². The summed E-state index contributed by atoms with van der Waals surface area (Å²) in [5.74, 6) is -0.199. The Morgan fingerprint density at radius 3 is 2.56 bits per heavy atom. The van der Waals surface area contributed by atoms with Crippen molar-refractivity contribution >= 4 is 34.3 Å². The zero-order chi connectivity index (χ0) is 12.6. The summed E-state index contributed by atoms with van der Waals surface area (Å²) in [5, 5.41) is 32.1. The van der Waals surface area contributed by atoms with Crippen LogP contribution in [0.3, 0.4) is 0 Å². The molecule has 0 fully saturated rings. The molecule has 9 heteroatoms. The molecule has 0 aliphatic heterocycles. The SMILES string of the molecule is CC(=O)NCCSC(=N)C(=N\O)/C(N)=N/O. The van der Waals surface area contributed by atoms with Crippen molar-refractivity contribution in [1.29, 1.82) is 5.41 Å². The van der Waals surface area contributed by atoms with Gasteiger partial charge in [-0.3, -0.25) is 10.2 Å². The summed E-state index contributed by atoms with van der Waals surface area (Å²) in [7, 11) is 0. The fourth-order valence-electron chi connectivity index (χ4n) is 0.709. The summed E-state index contributed by atoms with van der Waals surface area (Å²) in [6.45, 7) is 1.75. The Morgan fingerprint density at radius 1 is 1.50 bits per heavy atom. The summed E-state index contributed by atoms with van der Waals surface area (Å²) < 4.78 is 0. The number of oxime groups is 2. The zero-order valence-corrected chi connectivity index (χ0v) is 9.41. The third kappa shape index (κ3) is 5.20. The minimum Gasteiger partial charge on any atom is -0.410 e. The van der Waals surface area contributed by atoms with Crippen molar-refractivity contribution in [3.8, 4) is 0 Å². The van der Waals surface area contributed by atoms with Crippen LogP contribution in [-0.4, -0.2) is 45.2 Å². The molecule has 0 bridgehead atoms. The van der Waals surface area contributed by atoms with Gasteiger partial charge < -0.3 is 21.5 Å². The molecule has 16 heavy (non-hydrogen) atoms. The van der Waals surface area contributed by atoms with Gasteiger partial charge in [0.05, 0.1) is 0 Å². The minimum atomic E-state index is -0.445. The van der Waals surface area contributed by atoms with Gasteiger partial charge in [0.25, 0.3) is 0 Å². The number of nitrogens with zero attached hydrogens (tertiary/aromatic N) is 2. The Labute approximate surface area is 96.1 Å². The fourth-order valence-corrected chi connectivity index (χ4v) is 1.40. The van der Waals surface area contributed by atoms with Crippen molar-refractivity contribution in [2.45, 2.75) is 6.92 Å². The van der Waals surface area contributed by atoms with Gasteiger partial charge in [-0.05, 0) is 0 Å². The highest BCUT2D eigenvalue weighted by Crippen LogP contribution is 2.03. The first-order valence-corrected chi connectivity index (χ1v) is 5.17. The molecule has 90 valence electrons. The van der Waals surface area contributed by atoms with Crippen LogP contribution in [0, 0.1) is 5.41 Å². The highest BCUT2D eigenvalue weighted by atomic mass is 32.2. The van der Waals surface area contributed by atoms with Crippen LogP contribution in [-0.2, 0) is 4.79 Å². The maximum atomic E-state index is 10.5. The second-order valence-corrected chi connectivity index (χ2v) is 3.70. The first kappa shape index (κ1) is 14.2. The Bertz CT molecular complexity index is 328. The van der Waals surface area contributed by atoms with E-state index in [1.807, 2.05) is 0 Å². The second-order valence-electron chi connectivity index (χ2n) is 2.59. The number of nitrogens with one attached hydrogen (secondary N) is 2. The fraction of sp³-hybridized carbons (Fsp3) is 0.429. The molecule has 0 atom stereocenters. The maximum absolute atomic E-state index is 10.5. The molecule has 8 nitrogen and oxygen atoms in total. The number of carbonyl (C=O) groups is 1. The van der Waals surface area contributed by atoms with Crippen LogP contribution in [0.25, 0.3) is 0 Å². The van der Waals surface area contributed by atoms with Gasteiger partial charge in [-0.2, -0.15) is 0 Å². The lowest BCUT2D eigenvalue weighted by Crippen LogP contribution is -2.30. The molecule has 0 unspecified atom stereocenters. The lowest BCUT2D eigenvalue weighted by molar-refractivity contribution is -0.118. The maximum Gasteiger partial charge on any atom is 0.216 e. The number of amides is 1. The van der Waals surface area contributed by atoms with E-state index in [4.69, 9.17) is 21.6 Å². The van der Waals surface area contributed by atoms with E-state index < -0.39 is 5.84 Å². The van der Waals surface area contributed by atoms with Gasteiger partial charge in [0, 0.05) is 19.2 Å². The van der Waals surface area contributed by atoms with Gasteiger partial charge in [-0.15, -0.1) is 11.8 Å². The highest BCUT2D eigenvalue weighted by Gasteiger charge is 2.13. The lowest BCUT2D eigenvalue weighted by Gasteiger charge is -2.04. The molecule has 0 rings (SSSR count). The Kier molecular flexibility index (Phi) is 6.68. The van der Waals surface area contributed by atoms with Crippen molar-refractivity contribution in [1.82, 2.24) is 5.32 Å². The number of amidine groups is 1. The van der Waals surface area contributed by atoms with E-state index in [1.54, 1.807) is 0 Å². The number of hydrogen-bond acceptors (Lipinski definition) is 7. The largest absolute Gasteiger partial charge is 0.410 e. The van der Waals surface area contributed by atoms with Crippen LogP contribution in [0.5, 0.6) is 0 Å². The zero-order valence-electron chi connectivity index (χ0n) is 8.60. The van der Waals surface area contributed by atoms with Crippen molar-refractivity contribution in [3.63, 3.8) is 0 Å². The smallest absolute Gasteiger partial charge is 0.216 e. The molecule has 0 aromatic rings. The van der Waals surface area contributed by atoms with Gasteiger partial charge in [0.1, 0.15) is 5.04 Å². The average molecular weight is 247 g/mol. The molecule has 0 saturated heterocycles. The van der Waals surface area contributed by atoms with E-state index in [9.17, 15) is 4.79 Å². The number of thioether (sulfide) groups is 1. The molecule has 0 aliphatic rings. The molecule has 0 spiro atoms. The number of carbonyl (C=O) groups excluding carboxylic acids is 1. The predicted octanol–water partition coefficient (Wildman–Crippen LogP) is -0.590. The van der Waals surface area contributed by atoms with Gasteiger partial charge in [-0.1, -0.05) is 10.3 Å². The lowest BCUT2D eigenvalue weighted by atomic mass is 10.4. The van der Waals surface area contributed by atoms with Crippen LogP contribution in [0.2, 0.25) is 0 Å². The van der Waals surface area contributed by atoms with Crippen molar-refractivity contribution in [3.05, 3.63) is 0 Å². The molecular formula is C7H13N5O3S. The number of rotatable bonds is 5. The van der Waals surface area contributed by atoms with E-state index in [1.165, 1.54) is 6.92 Å². The van der Waals surface area contributed by atoms with Crippen molar-refractivity contribution < 1.29 is 15.2 Å². The van der Waals surface area contributed by atoms with E-state index in [0.717, 1.165) is 11.8 Å². The normalized spacial score (nSPS) is 12.3. The quantitative estimate of drug-likeness (QED) is 0.145. The first-order chi connectivity index (χ1) is 7.52. The van der Waals surface area contributed by atoms with E-state index in [-0.39, 0.29) is 16.7 Å². The van der Waals surface area contributed by atoms with Crippen LogP contribution in [0.15, 0.2) is 10.3 Å². The van der Waals surface area contributed by atoms with Crippen LogP contribution in [0.4, 0.5) is 0 Å². The summed E-state index contributed by atoms with van der Waals surface area (Å²) in [5.41, 5.74) is 4.86. The van der Waals surface area contributed by atoms with Gasteiger partial charge in [0.2, 0.25) is 5.91 Å². The Morgan fingerprint density at radius 2 is 2.12 bits per heavy atom. The monoisotopic (exact) mass is 247 g/mol. The minimum absolute atomic E-state index is 0.150. The molecule has 0 radical (unpaired) electrons. The summed E-state index contributed by atoms with van der Waals surface area (Å²) >= 11 is 1.00. The molecule has 0 aromatic heterocycles. The predicted molar refractivity (Wildman–Crippen MR) is 61.5 cm³/mol. The first-order valence-electron chi connectivity index (χ1n) is 4.19. The molecule has 0 heterocycles. The third-order valence-electron chi connectivity index (χ3n) is 1.39. The average Bonchev–Trinajstić information content (AvgIpc) is 2.24. The molecule has 1 amide bonds. The number of hydrogen-bond donors (Lipinski definition) is 5. The van der Waals surface area contributed by atoms with Gasteiger partial charge in [-0.25, -0.2) is 0 Å². The van der Waals surface area contributed by atoms with E-state index in [0.29, 0.717) is 12.3 Å². The summed E-state index contributed by atoms with van der Waals surface area (Å²) in [4.78, 5) is 10.5. The number of nitrogens with two attached hydrogens (primary N) is 1. The molecule has 6 N–H and O–H groups in total. The molecule has 0 aliphatic carbocycles.